The number of carbonyl (C=O) groups excluding carboxylic acids is 1. The van der Waals surface area contributed by atoms with E-state index in [2.05, 4.69) is 15.6 Å². The number of carbonyl (C=O) groups is 1. The highest BCUT2D eigenvalue weighted by molar-refractivity contribution is 7.14. The van der Waals surface area contributed by atoms with E-state index in [-0.39, 0.29) is 11.7 Å². The SMILES string of the molecule is CCOc1ccc(Nc2nc(C(=O)Nc3ccc(F)cc3)cs2)cc1. The van der Waals surface area contributed by atoms with E-state index in [1.54, 1.807) is 5.38 Å². The minimum Gasteiger partial charge on any atom is -0.494 e. The van der Waals surface area contributed by atoms with Crippen LogP contribution in [0.4, 0.5) is 20.9 Å². The smallest absolute Gasteiger partial charge is 0.275 e. The van der Waals surface area contributed by atoms with Crippen LogP contribution in [0, 0.1) is 5.82 Å². The molecule has 128 valence electrons. The fourth-order valence-electron chi connectivity index (χ4n) is 2.09. The Morgan fingerprint density at radius 3 is 2.48 bits per heavy atom. The average Bonchev–Trinajstić information content (AvgIpc) is 3.08. The van der Waals surface area contributed by atoms with Crippen LogP contribution in [0.2, 0.25) is 0 Å². The average molecular weight is 357 g/mol. The molecule has 1 amide bonds. The third-order valence-electron chi connectivity index (χ3n) is 3.26. The summed E-state index contributed by atoms with van der Waals surface area (Å²) in [7, 11) is 0. The summed E-state index contributed by atoms with van der Waals surface area (Å²) in [5.74, 6) is 0.0997. The number of hydrogen-bond acceptors (Lipinski definition) is 5. The lowest BCUT2D eigenvalue weighted by molar-refractivity contribution is 0.102. The highest BCUT2D eigenvalue weighted by Crippen LogP contribution is 2.23. The van der Waals surface area contributed by atoms with Crippen molar-refractivity contribution in [2.45, 2.75) is 6.92 Å². The number of rotatable bonds is 6. The summed E-state index contributed by atoms with van der Waals surface area (Å²) in [5, 5.41) is 8.09. The molecular weight excluding hydrogens is 341 g/mol. The van der Waals surface area contributed by atoms with E-state index in [9.17, 15) is 9.18 Å². The number of ether oxygens (including phenoxy) is 1. The van der Waals surface area contributed by atoms with Crippen LogP contribution in [0.3, 0.4) is 0 Å². The standard InChI is InChI=1S/C18H16FN3O2S/c1-2-24-15-9-7-14(8-10-15)21-18-22-16(11-25-18)17(23)20-13-5-3-12(19)4-6-13/h3-11H,2H2,1H3,(H,20,23)(H,21,22). The number of thiazole rings is 1. The van der Waals surface area contributed by atoms with Crippen molar-refractivity contribution in [1.82, 2.24) is 4.98 Å². The van der Waals surface area contributed by atoms with Gasteiger partial charge in [0.1, 0.15) is 17.3 Å². The van der Waals surface area contributed by atoms with Crippen LogP contribution < -0.4 is 15.4 Å². The summed E-state index contributed by atoms with van der Waals surface area (Å²) < 4.78 is 18.3. The zero-order chi connectivity index (χ0) is 17.6. The molecule has 3 rings (SSSR count). The van der Waals surface area contributed by atoms with E-state index < -0.39 is 0 Å². The molecule has 0 aliphatic heterocycles. The highest BCUT2D eigenvalue weighted by atomic mass is 32.1. The zero-order valence-corrected chi connectivity index (χ0v) is 14.3. The maximum atomic E-state index is 12.9. The molecule has 0 atom stereocenters. The normalized spacial score (nSPS) is 10.3. The first-order valence-electron chi connectivity index (χ1n) is 7.66. The number of anilines is 3. The Bertz CT molecular complexity index is 848. The molecule has 5 nitrogen and oxygen atoms in total. The van der Waals surface area contributed by atoms with E-state index in [4.69, 9.17) is 4.74 Å². The molecule has 0 saturated carbocycles. The van der Waals surface area contributed by atoms with Crippen LogP contribution in [-0.2, 0) is 0 Å². The Kier molecular flexibility index (Phi) is 5.25. The van der Waals surface area contributed by atoms with Gasteiger partial charge in [0.15, 0.2) is 5.13 Å². The summed E-state index contributed by atoms with van der Waals surface area (Å²) in [4.78, 5) is 16.4. The van der Waals surface area contributed by atoms with Crippen molar-refractivity contribution in [2.75, 3.05) is 17.2 Å². The second-order valence-electron chi connectivity index (χ2n) is 5.08. The zero-order valence-electron chi connectivity index (χ0n) is 13.5. The lowest BCUT2D eigenvalue weighted by Gasteiger charge is -2.05. The third-order valence-corrected chi connectivity index (χ3v) is 4.01. The van der Waals surface area contributed by atoms with Crippen LogP contribution in [0.25, 0.3) is 0 Å². The monoisotopic (exact) mass is 357 g/mol. The van der Waals surface area contributed by atoms with Crippen molar-refractivity contribution in [2.24, 2.45) is 0 Å². The second-order valence-corrected chi connectivity index (χ2v) is 5.94. The van der Waals surface area contributed by atoms with Gasteiger partial charge in [0.2, 0.25) is 0 Å². The fourth-order valence-corrected chi connectivity index (χ4v) is 2.80. The van der Waals surface area contributed by atoms with Gasteiger partial charge >= 0.3 is 0 Å². The number of aromatic nitrogens is 1. The van der Waals surface area contributed by atoms with Gasteiger partial charge < -0.3 is 15.4 Å². The topological polar surface area (TPSA) is 63.2 Å². The van der Waals surface area contributed by atoms with Gasteiger partial charge in [-0.2, -0.15) is 0 Å². The van der Waals surface area contributed by atoms with Gasteiger partial charge in [0, 0.05) is 16.8 Å². The van der Waals surface area contributed by atoms with Gasteiger partial charge in [-0.1, -0.05) is 0 Å². The van der Waals surface area contributed by atoms with Crippen molar-refractivity contribution in [1.29, 1.82) is 0 Å². The maximum Gasteiger partial charge on any atom is 0.275 e. The summed E-state index contributed by atoms with van der Waals surface area (Å²) >= 11 is 1.33. The molecule has 0 bridgehead atoms. The molecule has 0 spiro atoms. The molecule has 1 aromatic heterocycles. The van der Waals surface area contributed by atoms with Crippen molar-refractivity contribution in [3.05, 3.63) is 65.4 Å². The summed E-state index contributed by atoms with van der Waals surface area (Å²) in [5.41, 5.74) is 1.66. The molecule has 0 aliphatic carbocycles. The number of nitrogens with zero attached hydrogens (tertiary/aromatic N) is 1. The summed E-state index contributed by atoms with van der Waals surface area (Å²) in [6.07, 6.45) is 0. The molecule has 25 heavy (non-hydrogen) atoms. The molecule has 0 fully saturated rings. The summed E-state index contributed by atoms with van der Waals surface area (Å²) in [6.45, 7) is 2.55. The van der Waals surface area contributed by atoms with Crippen molar-refractivity contribution in [3.63, 3.8) is 0 Å². The number of nitrogens with one attached hydrogen (secondary N) is 2. The Morgan fingerprint density at radius 2 is 1.80 bits per heavy atom. The van der Waals surface area contributed by atoms with E-state index in [0.717, 1.165) is 11.4 Å². The van der Waals surface area contributed by atoms with Crippen molar-refractivity contribution in [3.8, 4) is 5.75 Å². The Labute approximate surface area is 148 Å². The maximum absolute atomic E-state index is 12.9. The van der Waals surface area contributed by atoms with Gasteiger partial charge in [-0.3, -0.25) is 4.79 Å². The third kappa shape index (κ3) is 4.54. The molecule has 0 saturated heterocycles. The molecule has 0 unspecified atom stereocenters. The molecule has 1 heterocycles. The lowest BCUT2D eigenvalue weighted by atomic mass is 10.3. The molecule has 3 aromatic rings. The first-order valence-corrected chi connectivity index (χ1v) is 8.54. The predicted molar refractivity (Wildman–Crippen MR) is 97.4 cm³/mol. The fraction of sp³-hybridized carbons (Fsp3) is 0.111. The van der Waals surface area contributed by atoms with Crippen LogP contribution in [0.5, 0.6) is 5.75 Å². The molecular formula is C18H16FN3O2S. The largest absolute Gasteiger partial charge is 0.494 e. The number of halogens is 1. The number of hydrogen-bond donors (Lipinski definition) is 2. The Morgan fingerprint density at radius 1 is 1.12 bits per heavy atom. The van der Waals surface area contributed by atoms with Gasteiger partial charge in [0.05, 0.1) is 6.61 Å². The Balaban J connectivity index is 1.63. The van der Waals surface area contributed by atoms with Crippen LogP contribution in [0.1, 0.15) is 17.4 Å². The highest BCUT2D eigenvalue weighted by Gasteiger charge is 2.11. The van der Waals surface area contributed by atoms with Gasteiger partial charge in [-0.25, -0.2) is 9.37 Å². The molecule has 0 aliphatic rings. The van der Waals surface area contributed by atoms with Gasteiger partial charge in [-0.15, -0.1) is 11.3 Å². The molecule has 2 aromatic carbocycles. The van der Waals surface area contributed by atoms with E-state index >= 15 is 0 Å². The van der Waals surface area contributed by atoms with E-state index in [0.29, 0.717) is 23.1 Å². The van der Waals surface area contributed by atoms with E-state index in [1.165, 1.54) is 35.6 Å². The summed E-state index contributed by atoms with van der Waals surface area (Å²) in [6, 6.07) is 13.1. The molecule has 7 heteroatoms. The first-order chi connectivity index (χ1) is 12.1. The van der Waals surface area contributed by atoms with Crippen molar-refractivity contribution >= 4 is 33.8 Å². The van der Waals surface area contributed by atoms with E-state index in [1.807, 2.05) is 31.2 Å². The number of benzene rings is 2. The minimum atomic E-state index is -0.353. The van der Waals surface area contributed by atoms with Crippen LogP contribution >= 0.6 is 11.3 Å². The Hall–Kier alpha value is -2.93. The number of amides is 1. The predicted octanol–water partition coefficient (Wildman–Crippen LogP) is 4.68. The van der Waals surface area contributed by atoms with Crippen LogP contribution in [-0.4, -0.2) is 17.5 Å². The minimum absolute atomic E-state index is 0.294. The second kappa shape index (κ2) is 7.76. The van der Waals surface area contributed by atoms with Gasteiger partial charge in [-0.05, 0) is 55.5 Å². The van der Waals surface area contributed by atoms with Gasteiger partial charge in [0.25, 0.3) is 5.91 Å². The quantitative estimate of drug-likeness (QED) is 0.672. The van der Waals surface area contributed by atoms with Crippen molar-refractivity contribution < 1.29 is 13.9 Å². The molecule has 2 N–H and O–H groups in total. The first kappa shape index (κ1) is 16.9. The lowest BCUT2D eigenvalue weighted by Crippen LogP contribution is -2.12. The van der Waals surface area contributed by atoms with Crippen LogP contribution in [0.15, 0.2) is 53.9 Å². The molecule has 0 radical (unpaired) electrons.